The average molecular weight is 282 g/mol. The first-order valence-corrected chi connectivity index (χ1v) is 6.74. The van der Waals surface area contributed by atoms with Crippen LogP contribution in [0.1, 0.15) is 33.2 Å². The summed E-state index contributed by atoms with van der Waals surface area (Å²) >= 11 is 0. The van der Waals surface area contributed by atoms with Gasteiger partial charge in [0.15, 0.2) is 5.78 Å². The van der Waals surface area contributed by atoms with Crippen molar-refractivity contribution in [3.63, 3.8) is 0 Å². The summed E-state index contributed by atoms with van der Waals surface area (Å²) in [5.74, 6) is -0.0443. The van der Waals surface area contributed by atoms with Gasteiger partial charge in [-0.1, -0.05) is 6.07 Å². The van der Waals surface area contributed by atoms with E-state index in [0.717, 1.165) is 23.2 Å². The molecule has 2 aromatic rings. The van der Waals surface area contributed by atoms with E-state index in [0.29, 0.717) is 17.7 Å². The highest BCUT2D eigenvalue weighted by molar-refractivity contribution is 5.95. The fourth-order valence-corrected chi connectivity index (χ4v) is 2.08. The first-order chi connectivity index (χ1) is 10.1. The number of carbonyl (C=O) groups excluding carboxylic acids is 2. The van der Waals surface area contributed by atoms with Crippen molar-refractivity contribution in [2.45, 2.75) is 13.5 Å². The molecule has 4 nitrogen and oxygen atoms in total. The van der Waals surface area contributed by atoms with Crippen LogP contribution in [0.2, 0.25) is 0 Å². The number of rotatable bonds is 6. The monoisotopic (exact) mass is 282 g/mol. The molecule has 0 atom stereocenters. The normalized spacial score (nSPS) is 10.0. The van der Waals surface area contributed by atoms with Crippen molar-refractivity contribution in [2.24, 2.45) is 0 Å². The second kappa shape index (κ2) is 6.70. The van der Waals surface area contributed by atoms with E-state index < -0.39 is 0 Å². The van der Waals surface area contributed by atoms with Gasteiger partial charge in [0.25, 0.3) is 0 Å². The standard InChI is InChI=1S/C17H18N2O2/c1-12(21)15-7-13(6-14(8-15)11-20)10-19-17-5-3-4-16(9-17)18-2/h3-9,11,18-19H,10H2,1-2H3. The zero-order chi connectivity index (χ0) is 15.2. The smallest absolute Gasteiger partial charge is 0.159 e. The Morgan fingerprint density at radius 1 is 1.14 bits per heavy atom. The number of carbonyl (C=O) groups is 2. The summed E-state index contributed by atoms with van der Waals surface area (Å²) in [6.45, 7) is 2.05. The Balaban J connectivity index is 2.17. The number of aldehydes is 1. The molecule has 0 saturated carbocycles. The molecule has 2 aromatic carbocycles. The van der Waals surface area contributed by atoms with Crippen molar-refractivity contribution < 1.29 is 9.59 Å². The molecule has 0 unspecified atom stereocenters. The Bertz CT molecular complexity index is 666. The van der Waals surface area contributed by atoms with Crippen LogP contribution in [0.15, 0.2) is 42.5 Å². The minimum atomic E-state index is -0.0443. The van der Waals surface area contributed by atoms with E-state index in [4.69, 9.17) is 0 Å². The molecule has 0 aromatic heterocycles. The third-order valence-corrected chi connectivity index (χ3v) is 3.21. The fourth-order valence-electron chi connectivity index (χ4n) is 2.08. The lowest BCUT2D eigenvalue weighted by atomic mass is 10.0. The van der Waals surface area contributed by atoms with E-state index in [1.54, 1.807) is 12.1 Å². The van der Waals surface area contributed by atoms with Crippen LogP contribution in [0.5, 0.6) is 0 Å². The van der Waals surface area contributed by atoms with Crippen molar-refractivity contribution in [3.05, 3.63) is 59.2 Å². The third kappa shape index (κ3) is 3.92. The Morgan fingerprint density at radius 2 is 1.90 bits per heavy atom. The maximum absolute atomic E-state index is 11.5. The van der Waals surface area contributed by atoms with Gasteiger partial charge in [0.05, 0.1) is 0 Å². The zero-order valence-electron chi connectivity index (χ0n) is 12.1. The number of Topliss-reactive ketones (excluding diaryl/α,β-unsaturated/α-hetero) is 1. The molecule has 2 N–H and O–H groups in total. The van der Waals surface area contributed by atoms with Crippen molar-refractivity contribution >= 4 is 23.4 Å². The van der Waals surface area contributed by atoms with Crippen LogP contribution in [0.4, 0.5) is 11.4 Å². The van der Waals surface area contributed by atoms with Gasteiger partial charge in [-0.3, -0.25) is 9.59 Å². The molecule has 0 radical (unpaired) electrons. The quantitative estimate of drug-likeness (QED) is 0.630. The summed E-state index contributed by atoms with van der Waals surface area (Å²) in [6.07, 6.45) is 0.761. The molecule has 0 aliphatic carbocycles. The molecule has 108 valence electrons. The fraction of sp³-hybridized carbons (Fsp3) is 0.176. The van der Waals surface area contributed by atoms with Crippen LogP contribution in [0.25, 0.3) is 0 Å². The van der Waals surface area contributed by atoms with Gasteiger partial charge < -0.3 is 10.6 Å². The van der Waals surface area contributed by atoms with Crippen molar-refractivity contribution in [1.29, 1.82) is 0 Å². The van der Waals surface area contributed by atoms with E-state index in [2.05, 4.69) is 10.6 Å². The lowest BCUT2D eigenvalue weighted by Gasteiger charge is -2.10. The predicted molar refractivity (Wildman–Crippen MR) is 85.1 cm³/mol. The summed E-state index contributed by atoms with van der Waals surface area (Å²) in [7, 11) is 1.87. The van der Waals surface area contributed by atoms with Crippen LogP contribution in [0.3, 0.4) is 0 Å². The minimum Gasteiger partial charge on any atom is -0.388 e. The highest BCUT2D eigenvalue weighted by atomic mass is 16.1. The first-order valence-electron chi connectivity index (χ1n) is 6.74. The maximum Gasteiger partial charge on any atom is 0.159 e. The summed E-state index contributed by atoms with van der Waals surface area (Å²) in [5.41, 5.74) is 3.97. The largest absolute Gasteiger partial charge is 0.388 e. The van der Waals surface area contributed by atoms with Gasteiger partial charge in [0.2, 0.25) is 0 Å². The highest BCUT2D eigenvalue weighted by Crippen LogP contribution is 2.16. The van der Waals surface area contributed by atoms with Crippen LogP contribution in [0, 0.1) is 0 Å². The topological polar surface area (TPSA) is 58.2 Å². The molecule has 0 bridgehead atoms. The Hall–Kier alpha value is -2.62. The minimum absolute atomic E-state index is 0.0443. The van der Waals surface area contributed by atoms with Gasteiger partial charge in [-0.25, -0.2) is 0 Å². The van der Waals surface area contributed by atoms with E-state index in [1.807, 2.05) is 37.4 Å². The molecule has 4 heteroatoms. The lowest BCUT2D eigenvalue weighted by Crippen LogP contribution is -2.03. The van der Waals surface area contributed by atoms with Crippen molar-refractivity contribution in [2.75, 3.05) is 17.7 Å². The maximum atomic E-state index is 11.5. The SMILES string of the molecule is CNc1cccc(NCc2cc(C=O)cc(C(C)=O)c2)c1. The van der Waals surface area contributed by atoms with Gasteiger partial charge in [0.1, 0.15) is 6.29 Å². The van der Waals surface area contributed by atoms with Gasteiger partial charge in [-0.15, -0.1) is 0 Å². The number of anilines is 2. The third-order valence-electron chi connectivity index (χ3n) is 3.21. The Labute approximate surface area is 124 Å². The molecular weight excluding hydrogens is 264 g/mol. The van der Waals surface area contributed by atoms with Gasteiger partial charge >= 0.3 is 0 Å². The van der Waals surface area contributed by atoms with Crippen LogP contribution in [-0.2, 0) is 6.54 Å². The molecule has 21 heavy (non-hydrogen) atoms. The van der Waals surface area contributed by atoms with Crippen LogP contribution < -0.4 is 10.6 Å². The summed E-state index contributed by atoms with van der Waals surface area (Å²) in [5, 5.41) is 6.36. The average Bonchev–Trinajstić information content (AvgIpc) is 2.52. The van der Waals surface area contributed by atoms with Crippen LogP contribution >= 0.6 is 0 Å². The van der Waals surface area contributed by atoms with E-state index in [1.165, 1.54) is 6.92 Å². The summed E-state index contributed by atoms with van der Waals surface area (Å²) in [4.78, 5) is 22.4. The molecule has 0 fully saturated rings. The Kier molecular flexibility index (Phi) is 4.72. The van der Waals surface area contributed by atoms with Crippen molar-refractivity contribution in [1.82, 2.24) is 0 Å². The molecule has 0 aliphatic rings. The second-order valence-corrected chi connectivity index (χ2v) is 4.82. The number of hydrogen-bond acceptors (Lipinski definition) is 4. The molecule has 2 rings (SSSR count). The molecule has 0 saturated heterocycles. The first kappa shape index (κ1) is 14.8. The van der Waals surface area contributed by atoms with E-state index in [9.17, 15) is 9.59 Å². The number of benzene rings is 2. The number of ketones is 1. The predicted octanol–water partition coefficient (Wildman–Crippen LogP) is 3.36. The zero-order valence-corrected chi connectivity index (χ0v) is 12.1. The number of nitrogens with one attached hydrogen (secondary N) is 2. The highest BCUT2D eigenvalue weighted by Gasteiger charge is 2.05. The molecular formula is C17H18N2O2. The summed E-state index contributed by atoms with van der Waals surface area (Å²) < 4.78 is 0. The Morgan fingerprint density at radius 3 is 2.57 bits per heavy atom. The molecule has 0 spiro atoms. The molecule has 0 heterocycles. The lowest BCUT2D eigenvalue weighted by molar-refractivity contribution is 0.101. The van der Waals surface area contributed by atoms with Gasteiger partial charge in [0, 0.05) is 36.1 Å². The molecule has 0 amide bonds. The molecule has 0 aliphatic heterocycles. The van der Waals surface area contributed by atoms with E-state index >= 15 is 0 Å². The van der Waals surface area contributed by atoms with Crippen LogP contribution in [-0.4, -0.2) is 19.1 Å². The van der Waals surface area contributed by atoms with E-state index in [-0.39, 0.29) is 5.78 Å². The summed E-state index contributed by atoms with van der Waals surface area (Å²) in [6, 6.07) is 13.1. The van der Waals surface area contributed by atoms with Gasteiger partial charge in [-0.2, -0.15) is 0 Å². The van der Waals surface area contributed by atoms with Gasteiger partial charge in [-0.05, 0) is 48.9 Å². The number of hydrogen-bond donors (Lipinski definition) is 2. The van der Waals surface area contributed by atoms with Crippen molar-refractivity contribution in [3.8, 4) is 0 Å². The second-order valence-electron chi connectivity index (χ2n) is 4.82.